The molecule has 0 bridgehead atoms. The molecule has 0 saturated heterocycles. The summed E-state index contributed by atoms with van der Waals surface area (Å²) in [6.45, 7) is 0.403. The lowest BCUT2D eigenvalue weighted by atomic mass is 9.70. The Hall–Kier alpha value is -3.08. The Morgan fingerprint density at radius 3 is 2.39 bits per heavy atom. The van der Waals surface area contributed by atoms with Crippen molar-refractivity contribution in [3.05, 3.63) is 64.4 Å². The Morgan fingerprint density at radius 2 is 1.73 bits per heavy atom. The number of nitrogens with zero attached hydrogens (tertiary/aromatic N) is 2. The van der Waals surface area contributed by atoms with Crippen LogP contribution in [0.2, 0.25) is 0 Å². The molecular weight excluding hydrogens is 466 g/mol. The minimum Gasteiger partial charge on any atom is -0.360 e. The van der Waals surface area contributed by atoms with E-state index in [1.54, 1.807) is 12.1 Å². The molecule has 2 heterocycles. The highest BCUT2D eigenvalue weighted by molar-refractivity contribution is 7.15. The zero-order valence-electron chi connectivity index (χ0n) is 16.8. The third-order valence-corrected chi connectivity index (χ3v) is 6.78. The minimum absolute atomic E-state index is 0.0213. The molecule has 1 aliphatic carbocycles. The van der Waals surface area contributed by atoms with E-state index in [1.165, 1.54) is 18.2 Å². The van der Waals surface area contributed by atoms with Gasteiger partial charge in [0.1, 0.15) is 17.5 Å². The van der Waals surface area contributed by atoms with E-state index in [1.807, 2.05) is 0 Å². The van der Waals surface area contributed by atoms with Crippen LogP contribution < -0.4 is 5.32 Å². The standard InChI is InChI=1S/C22H16F6N4S/c23-13-3-1-11(2-4-13)18-17(15-7-14(24)8-16(25)19(15)30-18)12-5-10(6-12)9-29-21-32-31-20(33-21)22(26,27)28/h1-4,7-8,10,12,30H,5-6,9H2,(H,29,32)/t10-,12-. The molecule has 2 N–H and O–H groups in total. The summed E-state index contributed by atoms with van der Waals surface area (Å²) in [7, 11) is 0. The van der Waals surface area contributed by atoms with E-state index in [0.717, 1.165) is 11.6 Å². The summed E-state index contributed by atoms with van der Waals surface area (Å²) in [6, 6.07) is 7.83. The topological polar surface area (TPSA) is 53.6 Å². The molecule has 33 heavy (non-hydrogen) atoms. The first-order chi connectivity index (χ1) is 15.7. The second-order valence-electron chi connectivity index (χ2n) is 8.06. The van der Waals surface area contributed by atoms with Crippen molar-refractivity contribution in [3.8, 4) is 11.3 Å². The van der Waals surface area contributed by atoms with E-state index < -0.39 is 28.6 Å². The largest absolute Gasteiger partial charge is 0.445 e. The zero-order valence-corrected chi connectivity index (χ0v) is 17.6. The fourth-order valence-electron chi connectivity index (χ4n) is 4.29. The molecule has 4 aromatic rings. The Balaban J connectivity index is 1.37. The number of aromatic nitrogens is 3. The number of rotatable bonds is 5. The normalized spacial score (nSPS) is 18.5. The number of hydrogen-bond acceptors (Lipinski definition) is 4. The van der Waals surface area contributed by atoms with Gasteiger partial charge in [0.25, 0.3) is 0 Å². The molecule has 2 aromatic carbocycles. The van der Waals surface area contributed by atoms with Gasteiger partial charge in [-0.1, -0.05) is 11.3 Å². The van der Waals surface area contributed by atoms with Crippen LogP contribution in [0.15, 0.2) is 36.4 Å². The molecule has 5 rings (SSSR count). The summed E-state index contributed by atoms with van der Waals surface area (Å²) in [5.41, 5.74) is 2.18. The molecule has 172 valence electrons. The molecule has 1 saturated carbocycles. The number of nitrogens with one attached hydrogen (secondary N) is 2. The highest BCUT2D eigenvalue weighted by atomic mass is 32.1. The fourth-order valence-corrected chi connectivity index (χ4v) is 4.90. The van der Waals surface area contributed by atoms with Crippen LogP contribution in [0.5, 0.6) is 0 Å². The third-order valence-electron chi connectivity index (χ3n) is 5.85. The minimum atomic E-state index is -4.53. The SMILES string of the molecule is Fc1ccc(-c2[nH]c3c(F)cc(F)cc3c2[C@H]2C[C@H](CNc3nnc(C(F)(F)F)s3)C2)cc1. The maximum Gasteiger partial charge on any atom is 0.445 e. The number of halogens is 6. The van der Waals surface area contributed by atoms with Crippen LogP contribution in [0.25, 0.3) is 22.2 Å². The van der Waals surface area contributed by atoms with Crippen molar-refractivity contribution in [2.45, 2.75) is 24.9 Å². The first-order valence-electron chi connectivity index (χ1n) is 10.1. The number of anilines is 1. The lowest BCUT2D eigenvalue weighted by Crippen LogP contribution is -2.28. The number of alkyl halides is 3. The van der Waals surface area contributed by atoms with Crippen molar-refractivity contribution in [3.63, 3.8) is 0 Å². The van der Waals surface area contributed by atoms with E-state index in [2.05, 4.69) is 20.5 Å². The summed E-state index contributed by atoms with van der Waals surface area (Å²) < 4.78 is 79.9. The molecule has 1 aliphatic rings. The number of benzene rings is 2. The summed E-state index contributed by atoms with van der Waals surface area (Å²) in [5, 5.41) is 9.07. The predicted octanol–water partition coefficient (Wildman–Crippen LogP) is 6.73. The summed E-state index contributed by atoms with van der Waals surface area (Å²) in [5.74, 6) is -1.70. The Labute approximate surface area is 187 Å². The maximum absolute atomic E-state index is 14.4. The smallest absolute Gasteiger partial charge is 0.360 e. The van der Waals surface area contributed by atoms with Crippen molar-refractivity contribution in [1.29, 1.82) is 0 Å². The van der Waals surface area contributed by atoms with Crippen molar-refractivity contribution >= 4 is 27.4 Å². The highest BCUT2D eigenvalue weighted by Gasteiger charge is 2.37. The van der Waals surface area contributed by atoms with Gasteiger partial charge in [-0.25, -0.2) is 13.2 Å². The number of H-pyrrole nitrogens is 1. The predicted molar refractivity (Wildman–Crippen MR) is 112 cm³/mol. The lowest BCUT2D eigenvalue weighted by molar-refractivity contribution is -0.138. The van der Waals surface area contributed by atoms with Gasteiger partial charge in [0.15, 0.2) is 0 Å². The van der Waals surface area contributed by atoms with Gasteiger partial charge in [0, 0.05) is 18.0 Å². The average molecular weight is 482 g/mol. The van der Waals surface area contributed by atoms with Crippen molar-refractivity contribution in [1.82, 2.24) is 15.2 Å². The number of aromatic amines is 1. The van der Waals surface area contributed by atoms with E-state index in [9.17, 15) is 26.3 Å². The first kappa shape index (κ1) is 21.7. The van der Waals surface area contributed by atoms with E-state index in [-0.39, 0.29) is 22.5 Å². The first-order valence-corrected chi connectivity index (χ1v) is 10.9. The van der Waals surface area contributed by atoms with Gasteiger partial charge >= 0.3 is 6.18 Å². The third kappa shape index (κ3) is 4.17. The van der Waals surface area contributed by atoms with Gasteiger partial charge < -0.3 is 10.3 Å². The summed E-state index contributed by atoms with van der Waals surface area (Å²) in [6.07, 6.45) is -3.20. The van der Waals surface area contributed by atoms with Crippen LogP contribution in [0.1, 0.15) is 29.3 Å². The van der Waals surface area contributed by atoms with Gasteiger partial charge in [-0.05, 0) is 66.1 Å². The van der Waals surface area contributed by atoms with Gasteiger partial charge in [0.2, 0.25) is 10.1 Å². The van der Waals surface area contributed by atoms with Crippen LogP contribution in [0, 0.1) is 23.4 Å². The molecule has 0 spiro atoms. The van der Waals surface area contributed by atoms with Crippen molar-refractivity contribution in [2.75, 3.05) is 11.9 Å². The molecule has 2 aromatic heterocycles. The average Bonchev–Trinajstić information content (AvgIpc) is 3.33. The molecule has 0 amide bonds. The molecule has 4 nitrogen and oxygen atoms in total. The van der Waals surface area contributed by atoms with Gasteiger partial charge in [-0.15, -0.1) is 10.2 Å². The Kier molecular flexibility index (Phi) is 5.31. The molecule has 11 heteroatoms. The Morgan fingerprint density at radius 1 is 1.00 bits per heavy atom. The molecule has 0 unspecified atom stereocenters. The molecular formula is C22H16F6N4S. The van der Waals surface area contributed by atoms with Gasteiger partial charge in [0.05, 0.1) is 11.2 Å². The summed E-state index contributed by atoms with van der Waals surface area (Å²) >= 11 is 0.444. The summed E-state index contributed by atoms with van der Waals surface area (Å²) in [4.78, 5) is 3.03. The molecule has 1 fully saturated rings. The van der Waals surface area contributed by atoms with Crippen molar-refractivity contribution < 1.29 is 26.3 Å². The molecule has 0 radical (unpaired) electrons. The quantitative estimate of drug-likeness (QED) is 0.310. The van der Waals surface area contributed by atoms with E-state index in [0.29, 0.717) is 47.4 Å². The maximum atomic E-state index is 14.4. The van der Waals surface area contributed by atoms with Crippen LogP contribution in [-0.2, 0) is 6.18 Å². The highest BCUT2D eigenvalue weighted by Crippen LogP contribution is 2.48. The second kappa shape index (κ2) is 8.05. The van der Waals surface area contributed by atoms with Gasteiger partial charge in [-0.2, -0.15) is 13.2 Å². The van der Waals surface area contributed by atoms with Crippen LogP contribution in [0.3, 0.4) is 0 Å². The monoisotopic (exact) mass is 482 g/mol. The van der Waals surface area contributed by atoms with Gasteiger partial charge in [-0.3, -0.25) is 0 Å². The van der Waals surface area contributed by atoms with E-state index in [4.69, 9.17) is 0 Å². The molecule has 0 atom stereocenters. The number of hydrogen-bond donors (Lipinski definition) is 2. The lowest BCUT2D eigenvalue weighted by Gasteiger charge is -2.36. The van der Waals surface area contributed by atoms with Crippen LogP contribution >= 0.6 is 11.3 Å². The fraction of sp³-hybridized carbons (Fsp3) is 0.273. The molecule has 0 aliphatic heterocycles. The zero-order chi connectivity index (χ0) is 23.3. The Bertz CT molecular complexity index is 1310. The number of fused-ring (bicyclic) bond motifs is 1. The van der Waals surface area contributed by atoms with Crippen LogP contribution in [-0.4, -0.2) is 21.7 Å². The van der Waals surface area contributed by atoms with Crippen LogP contribution in [0.4, 0.5) is 31.5 Å². The second-order valence-corrected chi connectivity index (χ2v) is 9.03. The van der Waals surface area contributed by atoms with Crippen molar-refractivity contribution in [2.24, 2.45) is 5.92 Å². The van der Waals surface area contributed by atoms with E-state index >= 15 is 0 Å².